The molecule has 25 heavy (non-hydrogen) atoms. The summed E-state index contributed by atoms with van der Waals surface area (Å²) in [4.78, 5) is 12.4. The Kier molecular flexibility index (Phi) is 4.97. The Labute approximate surface area is 143 Å². The fraction of sp³-hybridized carbons (Fsp3) is 0.533. The van der Waals surface area contributed by atoms with Crippen LogP contribution in [0.15, 0.2) is 24.8 Å². The van der Waals surface area contributed by atoms with Crippen molar-refractivity contribution in [2.24, 2.45) is 0 Å². The molecule has 2 aromatic rings. The van der Waals surface area contributed by atoms with E-state index in [9.17, 15) is 20.4 Å². The standard InChI is InChI=1S/C15H21N5O5/c1-7(2)3-9(22)19-13-10-14(17-5-16-13)20(6-18-10)15-12(24)11(23)8(4-21)25-15/h5-6,8-9,11-12,15,21-24H,1,3-4H2,2H3,(H,16,17,19)/t8-,9?,11-,12-,15+/m1/s1. The first-order valence-electron chi connectivity index (χ1n) is 7.81. The third-order valence-electron chi connectivity index (χ3n) is 4.00. The number of ether oxygens (including phenoxy) is 1. The summed E-state index contributed by atoms with van der Waals surface area (Å²) in [7, 11) is 0. The van der Waals surface area contributed by atoms with Crippen molar-refractivity contribution in [1.29, 1.82) is 0 Å². The Balaban J connectivity index is 1.90. The van der Waals surface area contributed by atoms with Crippen LogP contribution in [0, 0.1) is 0 Å². The Morgan fingerprint density at radius 2 is 2.12 bits per heavy atom. The van der Waals surface area contributed by atoms with Gasteiger partial charge in [0.25, 0.3) is 0 Å². The number of nitrogens with one attached hydrogen (secondary N) is 1. The van der Waals surface area contributed by atoms with E-state index in [0.29, 0.717) is 23.4 Å². The molecule has 1 aliphatic heterocycles. The largest absolute Gasteiger partial charge is 0.394 e. The molecule has 0 radical (unpaired) electrons. The Hall–Kier alpha value is -2.11. The first-order valence-corrected chi connectivity index (χ1v) is 7.81. The summed E-state index contributed by atoms with van der Waals surface area (Å²) in [6.07, 6.45) is -2.14. The van der Waals surface area contributed by atoms with Gasteiger partial charge in [-0.3, -0.25) is 4.57 Å². The average molecular weight is 351 g/mol. The second kappa shape index (κ2) is 7.02. The zero-order chi connectivity index (χ0) is 18.1. The van der Waals surface area contributed by atoms with Gasteiger partial charge in [0.05, 0.1) is 12.9 Å². The summed E-state index contributed by atoms with van der Waals surface area (Å²) in [5.41, 5.74) is 1.54. The fourth-order valence-corrected chi connectivity index (χ4v) is 2.79. The highest BCUT2D eigenvalue weighted by molar-refractivity contribution is 5.82. The minimum Gasteiger partial charge on any atom is -0.394 e. The van der Waals surface area contributed by atoms with Crippen molar-refractivity contribution in [2.75, 3.05) is 11.9 Å². The molecule has 5 atom stereocenters. The minimum atomic E-state index is -1.24. The Morgan fingerprint density at radius 3 is 2.76 bits per heavy atom. The van der Waals surface area contributed by atoms with Crippen LogP contribution in [0.4, 0.5) is 5.82 Å². The lowest BCUT2D eigenvalue weighted by atomic mass is 10.1. The van der Waals surface area contributed by atoms with E-state index < -0.39 is 37.4 Å². The van der Waals surface area contributed by atoms with Crippen LogP contribution in [0.5, 0.6) is 0 Å². The van der Waals surface area contributed by atoms with Crippen LogP contribution in [0.2, 0.25) is 0 Å². The van der Waals surface area contributed by atoms with E-state index in [1.807, 2.05) is 0 Å². The van der Waals surface area contributed by atoms with E-state index in [1.165, 1.54) is 17.2 Å². The van der Waals surface area contributed by atoms with Gasteiger partial charge in [-0.2, -0.15) is 0 Å². The van der Waals surface area contributed by atoms with Crippen molar-refractivity contribution >= 4 is 17.0 Å². The molecule has 3 heterocycles. The second-order valence-corrected chi connectivity index (χ2v) is 6.10. The summed E-state index contributed by atoms with van der Waals surface area (Å²) in [5.74, 6) is 0.323. The molecular weight excluding hydrogens is 330 g/mol. The van der Waals surface area contributed by atoms with Crippen LogP contribution in [0.25, 0.3) is 11.2 Å². The number of imidazole rings is 1. The van der Waals surface area contributed by atoms with Gasteiger partial charge >= 0.3 is 0 Å². The number of anilines is 1. The van der Waals surface area contributed by atoms with Crippen molar-refractivity contribution in [3.8, 4) is 0 Å². The molecule has 0 saturated carbocycles. The lowest BCUT2D eigenvalue weighted by Crippen LogP contribution is -2.33. The molecule has 0 aromatic carbocycles. The number of aromatic nitrogens is 4. The summed E-state index contributed by atoms with van der Waals surface area (Å²) in [6, 6.07) is 0. The molecule has 136 valence electrons. The van der Waals surface area contributed by atoms with E-state index in [2.05, 4.69) is 26.8 Å². The smallest absolute Gasteiger partial charge is 0.167 e. The molecule has 0 aliphatic carbocycles. The third-order valence-corrected chi connectivity index (χ3v) is 4.00. The lowest BCUT2D eigenvalue weighted by Gasteiger charge is -2.17. The zero-order valence-corrected chi connectivity index (χ0v) is 13.6. The SMILES string of the molecule is C=C(C)CC(O)Nc1ncnc2c1ncn2[C@H]1O[C@H](CO)[C@@H](O)[C@H]1O. The molecule has 1 aliphatic rings. The number of fused-ring (bicyclic) bond motifs is 1. The first-order chi connectivity index (χ1) is 11.9. The minimum absolute atomic E-state index is 0.323. The zero-order valence-electron chi connectivity index (χ0n) is 13.6. The highest BCUT2D eigenvalue weighted by Crippen LogP contribution is 2.32. The van der Waals surface area contributed by atoms with Crippen LogP contribution in [0.3, 0.4) is 0 Å². The summed E-state index contributed by atoms with van der Waals surface area (Å²) < 4.78 is 6.95. The molecule has 1 saturated heterocycles. The molecule has 1 fully saturated rings. The highest BCUT2D eigenvalue weighted by atomic mass is 16.6. The molecule has 0 bridgehead atoms. The van der Waals surface area contributed by atoms with E-state index in [1.54, 1.807) is 6.92 Å². The summed E-state index contributed by atoms with van der Waals surface area (Å²) in [6.45, 7) is 5.13. The maximum atomic E-state index is 10.2. The molecular formula is C15H21N5O5. The highest BCUT2D eigenvalue weighted by Gasteiger charge is 2.44. The summed E-state index contributed by atoms with van der Waals surface area (Å²) in [5, 5.41) is 42.1. The van der Waals surface area contributed by atoms with Crippen molar-refractivity contribution in [3.63, 3.8) is 0 Å². The molecule has 10 heteroatoms. The van der Waals surface area contributed by atoms with E-state index in [-0.39, 0.29) is 0 Å². The van der Waals surface area contributed by atoms with Crippen LogP contribution >= 0.6 is 0 Å². The van der Waals surface area contributed by atoms with Gasteiger partial charge in [-0.05, 0) is 6.92 Å². The Morgan fingerprint density at radius 1 is 1.36 bits per heavy atom. The molecule has 2 aromatic heterocycles. The average Bonchev–Trinajstić information content (AvgIpc) is 3.10. The van der Waals surface area contributed by atoms with Gasteiger partial charge in [-0.15, -0.1) is 0 Å². The number of rotatable bonds is 6. The van der Waals surface area contributed by atoms with Gasteiger partial charge in [0.1, 0.15) is 30.9 Å². The molecule has 5 N–H and O–H groups in total. The van der Waals surface area contributed by atoms with Gasteiger partial charge in [-0.25, -0.2) is 15.0 Å². The predicted octanol–water partition coefficient (Wildman–Crippen LogP) is -0.866. The number of aliphatic hydroxyl groups is 4. The lowest BCUT2D eigenvalue weighted by molar-refractivity contribution is -0.0511. The van der Waals surface area contributed by atoms with Gasteiger partial charge in [0.2, 0.25) is 0 Å². The van der Waals surface area contributed by atoms with Crippen LogP contribution < -0.4 is 5.32 Å². The van der Waals surface area contributed by atoms with E-state index in [0.717, 1.165) is 5.57 Å². The van der Waals surface area contributed by atoms with Crippen molar-refractivity contribution in [2.45, 2.75) is 44.1 Å². The van der Waals surface area contributed by atoms with Gasteiger partial charge in [-0.1, -0.05) is 12.2 Å². The van der Waals surface area contributed by atoms with Gasteiger partial charge in [0, 0.05) is 6.42 Å². The Bertz CT molecular complexity index is 766. The van der Waals surface area contributed by atoms with Crippen molar-refractivity contribution < 1.29 is 25.2 Å². The molecule has 0 amide bonds. The van der Waals surface area contributed by atoms with E-state index in [4.69, 9.17) is 4.74 Å². The maximum Gasteiger partial charge on any atom is 0.167 e. The van der Waals surface area contributed by atoms with E-state index >= 15 is 0 Å². The second-order valence-electron chi connectivity index (χ2n) is 6.10. The topological polar surface area (TPSA) is 146 Å². The number of aliphatic hydroxyl groups excluding tert-OH is 4. The van der Waals surface area contributed by atoms with Crippen molar-refractivity contribution in [1.82, 2.24) is 19.5 Å². The molecule has 10 nitrogen and oxygen atoms in total. The number of nitrogens with zero attached hydrogens (tertiary/aromatic N) is 4. The predicted molar refractivity (Wildman–Crippen MR) is 87.4 cm³/mol. The fourth-order valence-electron chi connectivity index (χ4n) is 2.79. The third kappa shape index (κ3) is 3.34. The van der Waals surface area contributed by atoms with Gasteiger partial charge in [0.15, 0.2) is 23.2 Å². The monoisotopic (exact) mass is 351 g/mol. The van der Waals surface area contributed by atoms with Gasteiger partial charge < -0.3 is 30.5 Å². The number of hydrogen-bond acceptors (Lipinski definition) is 9. The number of hydrogen-bond donors (Lipinski definition) is 5. The molecule has 3 rings (SSSR count). The first kappa shape index (κ1) is 17.7. The molecule has 1 unspecified atom stereocenters. The quantitative estimate of drug-likeness (QED) is 0.331. The maximum absolute atomic E-state index is 10.2. The van der Waals surface area contributed by atoms with Crippen LogP contribution in [-0.4, -0.2) is 71.1 Å². The normalized spacial score (nSPS) is 27.6. The van der Waals surface area contributed by atoms with Crippen LogP contribution in [-0.2, 0) is 4.74 Å². The summed E-state index contributed by atoms with van der Waals surface area (Å²) >= 11 is 0. The molecule has 0 spiro atoms. The van der Waals surface area contributed by atoms with Crippen molar-refractivity contribution in [3.05, 3.63) is 24.8 Å². The van der Waals surface area contributed by atoms with Crippen LogP contribution in [0.1, 0.15) is 19.6 Å².